The molecule has 1 aromatic heterocycles. The number of methoxy groups -OCH3 is 1. The molecular formula is C13H18N6O2. The van der Waals surface area contributed by atoms with Gasteiger partial charge in [0.15, 0.2) is 0 Å². The first-order valence-corrected chi connectivity index (χ1v) is 6.52. The van der Waals surface area contributed by atoms with Crippen LogP contribution in [0, 0.1) is 0 Å². The molecule has 0 spiro atoms. The molecule has 0 radical (unpaired) electrons. The van der Waals surface area contributed by atoms with Crippen molar-refractivity contribution in [2.45, 2.75) is 13.3 Å². The minimum absolute atomic E-state index is 0.206. The molecule has 0 aliphatic carbocycles. The molecule has 0 aliphatic heterocycles. The van der Waals surface area contributed by atoms with Gasteiger partial charge >= 0.3 is 6.01 Å². The van der Waals surface area contributed by atoms with Gasteiger partial charge in [0.2, 0.25) is 11.9 Å². The summed E-state index contributed by atoms with van der Waals surface area (Å²) in [6.07, 6.45) is 0.854. The standard InChI is InChI=1S/C13H18N6O2/c1-3-8-21-13-17-11(16-12(18-13)19-14)15-9-6-4-5-7-10(9)20-2/h4-7H,3,8,14H2,1-2H3,(H2,15,16,17,18,19). The van der Waals surface area contributed by atoms with Crippen molar-refractivity contribution in [1.29, 1.82) is 0 Å². The molecule has 0 saturated heterocycles. The molecule has 112 valence electrons. The summed E-state index contributed by atoms with van der Waals surface area (Å²) in [5, 5.41) is 3.05. The van der Waals surface area contributed by atoms with Crippen LogP contribution < -0.4 is 26.1 Å². The maximum Gasteiger partial charge on any atom is 0.323 e. The van der Waals surface area contributed by atoms with Gasteiger partial charge in [0.05, 0.1) is 19.4 Å². The largest absolute Gasteiger partial charge is 0.495 e. The first kappa shape index (κ1) is 14.8. The summed E-state index contributed by atoms with van der Waals surface area (Å²) in [4.78, 5) is 12.3. The van der Waals surface area contributed by atoms with Crippen LogP contribution >= 0.6 is 0 Å². The zero-order valence-electron chi connectivity index (χ0n) is 12.0. The van der Waals surface area contributed by atoms with Crippen LogP contribution in [0.2, 0.25) is 0 Å². The van der Waals surface area contributed by atoms with Gasteiger partial charge in [-0.15, -0.1) is 0 Å². The molecular weight excluding hydrogens is 272 g/mol. The molecule has 0 aliphatic rings. The van der Waals surface area contributed by atoms with Crippen molar-refractivity contribution < 1.29 is 9.47 Å². The Morgan fingerprint density at radius 2 is 1.90 bits per heavy atom. The molecule has 0 bridgehead atoms. The van der Waals surface area contributed by atoms with Crippen LogP contribution in [0.25, 0.3) is 0 Å². The highest BCUT2D eigenvalue weighted by Gasteiger charge is 2.09. The normalized spacial score (nSPS) is 10.0. The van der Waals surface area contributed by atoms with Gasteiger partial charge in [-0.25, -0.2) is 5.84 Å². The van der Waals surface area contributed by atoms with Crippen LogP contribution in [-0.4, -0.2) is 28.7 Å². The average Bonchev–Trinajstić information content (AvgIpc) is 2.53. The Labute approximate surface area is 122 Å². The lowest BCUT2D eigenvalue weighted by Gasteiger charge is -2.11. The summed E-state index contributed by atoms with van der Waals surface area (Å²) < 4.78 is 10.7. The third-order valence-corrected chi connectivity index (χ3v) is 2.53. The summed E-state index contributed by atoms with van der Waals surface area (Å²) in [5.74, 6) is 6.56. The molecule has 0 unspecified atom stereocenters. The summed E-state index contributed by atoms with van der Waals surface area (Å²) in [6, 6.07) is 7.64. The van der Waals surface area contributed by atoms with E-state index in [1.165, 1.54) is 0 Å². The van der Waals surface area contributed by atoms with Crippen LogP contribution in [0.4, 0.5) is 17.6 Å². The van der Waals surface area contributed by atoms with Gasteiger partial charge in [0.25, 0.3) is 0 Å². The van der Waals surface area contributed by atoms with Gasteiger partial charge in [0, 0.05) is 0 Å². The Balaban J connectivity index is 2.25. The summed E-state index contributed by atoms with van der Waals surface area (Å²) >= 11 is 0. The Bertz CT molecular complexity index is 593. The highest BCUT2D eigenvalue weighted by Crippen LogP contribution is 2.26. The molecule has 2 aromatic rings. The fourth-order valence-corrected chi connectivity index (χ4v) is 1.60. The van der Waals surface area contributed by atoms with Gasteiger partial charge in [0.1, 0.15) is 5.75 Å². The Kier molecular flexibility index (Phi) is 5.10. The highest BCUT2D eigenvalue weighted by molar-refractivity contribution is 5.62. The van der Waals surface area contributed by atoms with Crippen LogP contribution in [-0.2, 0) is 0 Å². The summed E-state index contributed by atoms with van der Waals surface area (Å²) in [7, 11) is 1.59. The van der Waals surface area contributed by atoms with E-state index in [1.807, 2.05) is 31.2 Å². The van der Waals surface area contributed by atoms with Crippen LogP contribution in [0.5, 0.6) is 11.8 Å². The molecule has 0 atom stereocenters. The maximum atomic E-state index is 5.40. The molecule has 1 heterocycles. The van der Waals surface area contributed by atoms with Crippen molar-refractivity contribution in [3.63, 3.8) is 0 Å². The van der Waals surface area contributed by atoms with E-state index < -0.39 is 0 Å². The number of nitrogen functional groups attached to an aromatic ring is 1. The van der Waals surface area contributed by atoms with Crippen LogP contribution in [0.1, 0.15) is 13.3 Å². The third-order valence-electron chi connectivity index (χ3n) is 2.53. The smallest absolute Gasteiger partial charge is 0.323 e. The number of benzene rings is 1. The minimum atomic E-state index is 0.206. The molecule has 1 aromatic carbocycles. The molecule has 8 heteroatoms. The zero-order chi connectivity index (χ0) is 15.1. The van der Waals surface area contributed by atoms with Gasteiger partial charge < -0.3 is 14.8 Å². The van der Waals surface area contributed by atoms with Gasteiger partial charge in [-0.05, 0) is 18.6 Å². The van der Waals surface area contributed by atoms with Gasteiger partial charge in [-0.3, -0.25) is 5.43 Å². The van der Waals surface area contributed by atoms with Crippen molar-refractivity contribution in [3.8, 4) is 11.8 Å². The van der Waals surface area contributed by atoms with E-state index in [0.717, 1.165) is 12.1 Å². The van der Waals surface area contributed by atoms with E-state index in [1.54, 1.807) is 7.11 Å². The number of nitrogens with one attached hydrogen (secondary N) is 2. The molecule has 0 fully saturated rings. The van der Waals surface area contributed by atoms with Crippen molar-refractivity contribution in [2.24, 2.45) is 5.84 Å². The maximum absolute atomic E-state index is 5.40. The fraction of sp³-hybridized carbons (Fsp3) is 0.308. The van der Waals surface area contributed by atoms with Crippen LogP contribution in [0.3, 0.4) is 0 Å². The quantitative estimate of drug-likeness (QED) is 0.522. The molecule has 0 amide bonds. The second kappa shape index (κ2) is 7.25. The predicted molar refractivity (Wildman–Crippen MR) is 79.7 cm³/mol. The van der Waals surface area contributed by atoms with E-state index in [4.69, 9.17) is 15.3 Å². The number of hydrogen-bond donors (Lipinski definition) is 3. The van der Waals surface area contributed by atoms with Crippen molar-refractivity contribution >= 4 is 17.6 Å². The highest BCUT2D eigenvalue weighted by atomic mass is 16.5. The minimum Gasteiger partial charge on any atom is -0.495 e. The number of aromatic nitrogens is 3. The van der Waals surface area contributed by atoms with E-state index in [9.17, 15) is 0 Å². The Hall–Kier alpha value is -2.61. The molecule has 4 N–H and O–H groups in total. The molecule has 21 heavy (non-hydrogen) atoms. The van der Waals surface area contributed by atoms with Gasteiger partial charge in [-0.1, -0.05) is 19.1 Å². The van der Waals surface area contributed by atoms with E-state index in [0.29, 0.717) is 18.3 Å². The zero-order valence-corrected chi connectivity index (χ0v) is 12.0. The monoisotopic (exact) mass is 290 g/mol. The second-order valence-electron chi connectivity index (χ2n) is 4.08. The number of anilines is 3. The van der Waals surface area contributed by atoms with Crippen LogP contribution in [0.15, 0.2) is 24.3 Å². The van der Waals surface area contributed by atoms with E-state index in [-0.39, 0.29) is 12.0 Å². The van der Waals surface area contributed by atoms with E-state index in [2.05, 4.69) is 25.7 Å². The lowest BCUT2D eigenvalue weighted by molar-refractivity contribution is 0.292. The molecule has 2 rings (SSSR count). The predicted octanol–water partition coefficient (Wildman–Crippen LogP) is 1.70. The summed E-state index contributed by atoms with van der Waals surface area (Å²) in [5.41, 5.74) is 3.12. The average molecular weight is 290 g/mol. The lowest BCUT2D eigenvalue weighted by atomic mass is 10.3. The molecule has 0 saturated carbocycles. The van der Waals surface area contributed by atoms with Gasteiger partial charge in [-0.2, -0.15) is 15.0 Å². The number of para-hydroxylation sites is 2. The number of rotatable bonds is 7. The van der Waals surface area contributed by atoms with Crippen molar-refractivity contribution in [1.82, 2.24) is 15.0 Å². The van der Waals surface area contributed by atoms with Crippen molar-refractivity contribution in [3.05, 3.63) is 24.3 Å². The third kappa shape index (κ3) is 3.93. The molecule has 8 nitrogen and oxygen atoms in total. The lowest BCUT2D eigenvalue weighted by Crippen LogP contribution is -2.14. The number of ether oxygens (including phenoxy) is 2. The first-order valence-electron chi connectivity index (χ1n) is 6.52. The fourth-order valence-electron chi connectivity index (χ4n) is 1.60. The first-order chi connectivity index (χ1) is 10.3. The number of nitrogens with zero attached hydrogens (tertiary/aromatic N) is 3. The number of hydrogen-bond acceptors (Lipinski definition) is 8. The van der Waals surface area contributed by atoms with E-state index >= 15 is 0 Å². The SMILES string of the molecule is CCCOc1nc(NN)nc(Nc2ccccc2OC)n1. The Morgan fingerprint density at radius 3 is 2.62 bits per heavy atom. The second-order valence-corrected chi connectivity index (χ2v) is 4.08. The summed E-state index contributed by atoms with van der Waals surface area (Å²) in [6.45, 7) is 2.51. The topological polar surface area (TPSA) is 107 Å². The Morgan fingerprint density at radius 1 is 1.14 bits per heavy atom. The van der Waals surface area contributed by atoms with Crippen molar-refractivity contribution in [2.75, 3.05) is 24.5 Å². The number of hydrazine groups is 1. The number of nitrogens with two attached hydrogens (primary N) is 1.